The van der Waals surface area contributed by atoms with E-state index < -0.39 is 5.97 Å². The Balaban J connectivity index is 3.05. The molecular formula is C12H14O3. The molecule has 0 bridgehead atoms. The first kappa shape index (κ1) is 11.3. The molecule has 1 aromatic carbocycles. The number of para-hydroxylation sites is 1. The van der Waals surface area contributed by atoms with Crippen molar-refractivity contribution in [1.29, 1.82) is 0 Å². The van der Waals surface area contributed by atoms with Crippen LogP contribution in [0.3, 0.4) is 0 Å². The lowest BCUT2D eigenvalue weighted by Crippen LogP contribution is -1.98. The number of carboxylic acids is 1. The Hall–Kier alpha value is -1.77. The van der Waals surface area contributed by atoms with Crippen molar-refractivity contribution >= 4 is 5.97 Å². The Morgan fingerprint density at radius 3 is 2.60 bits per heavy atom. The summed E-state index contributed by atoms with van der Waals surface area (Å²) in [5.74, 6) is -1.24. The zero-order valence-electron chi connectivity index (χ0n) is 8.82. The molecule has 0 saturated heterocycles. The third-order valence-electron chi connectivity index (χ3n) is 2.08. The Morgan fingerprint density at radius 2 is 2.07 bits per heavy atom. The summed E-state index contributed by atoms with van der Waals surface area (Å²) < 4.78 is 0. The monoisotopic (exact) mass is 206 g/mol. The van der Waals surface area contributed by atoms with E-state index in [4.69, 9.17) is 5.11 Å². The van der Waals surface area contributed by atoms with Crippen LogP contribution in [0.4, 0.5) is 0 Å². The maximum Gasteiger partial charge on any atom is 0.339 e. The van der Waals surface area contributed by atoms with E-state index >= 15 is 0 Å². The van der Waals surface area contributed by atoms with E-state index in [1.54, 1.807) is 12.1 Å². The van der Waals surface area contributed by atoms with Gasteiger partial charge in [-0.25, -0.2) is 4.79 Å². The van der Waals surface area contributed by atoms with E-state index in [-0.39, 0.29) is 11.3 Å². The zero-order valence-corrected chi connectivity index (χ0v) is 8.82. The molecule has 3 nitrogen and oxygen atoms in total. The van der Waals surface area contributed by atoms with Gasteiger partial charge in [0.05, 0.1) is 0 Å². The van der Waals surface area contributed by atoms with E-state index in [2.05, 4.69) is 0 Å². The molecule has 0 aromatic heterocycles. The minimum atomic E-state index is -1.11. The van der Waals surface area contributed by atoms with Crippen molar-refractivity contribution < 1.29 is 15.0 Å². The molecule has 0 aliphatic carbocycles. The van der Waals surface area contributed by atoms with Crippen LogP contribution < -0.4 is 0 Å². The molecule has 0 amide bonds. The molecule has 0 atom stereocenters. The number of carboxylic acid groups (broad SMARTS) is 1. The zero-order chi connectivity index (χ0) is 11.4. The Labute approximate surface area is 88.7 Å². The summed E-state index contributed by atoms with van der Waals surface area (Å²) in [5, 5.41) is 18.5. The number of rotatable bonds is 3. The molecule has 0 spiro atoms. The Bertz CT molecular complexity index is 401. The highest BCUT2D eigenvalue weighted by molar-refractivity contribution is 5.91. The molecule has 1 aromatic rings. The summed E-state index contributed by atoms with van der Waals surface area (Å²) in [4.78, 5) is 10.7. The van der Waals surface area contributed by atoms with E-state index in [9.17, 15) is 9.90 Å². The molecule has 80 valence electrons. The third kappa shape index (κ3) is 2.84. The minimum Gasteiger partial charge on any atom is -0.507 e. The van der Waals surface area contributed by atoms with Gasteiger partial charge in [-0.2, -0.15) is 0 Å². The van der Waals surface area contributed by atoms with Gasteiger partial charge >= 0.3 is 5.97 Å². The van der Waals surface area contributed by atoms with Crippen molar-refractivity contribution in [2.24, 2.45) is 0 Å². The van der Waals surface area contributed by atoms with Crippen LogP contribution >= 0.6 is 0 Å². The second kappa shape index (κ2) is 4.64. The van der Waals surface area contributed by atoms with E-state index in [1.807, 2.05) is 19.9 Å². The van der Waals surface area contributed by atoms with Gasteiger partial charge in [0.2, 0.25) is 0 Å². The molecule has 0 aliphatic heterocycles. The molecular weight excluding hydrogens is 192 g/mol. The lowest BCUT2D eigenvalue weighted by atomic mass is 10.1. The number of aromatic hydroxyl groups is 1. The fourth-order valence-corrected chi connectivity index (χ4v) is 1.24. The average Bonchev–Trinajstić information content (AvgIpc) is 2.15. The van der Waals surface area contributed by atoms with Crippen molar-refractivity contribution in [2.45, 2.75) is 20.3 Å². The van der Waals surface area contributed by atoms with Crippen LogP contribution in [0.1, 0.15) is 29.8 Å². The van der Waals surface area contributed by atoms with Crippen LogP contribution in [0.2, 0.25) is 0 Å². The summed E-state index contributed by atoms with van der Waals surface area (Å²) in [5.41, 5.74) is 1.72. The second-order valence-corrected chi connectivity index (χ2v) is 3.60. The summed E-state index contributed by atoms with van der Waals surface area (Å²) in [6.07, 6.45) is 2.50. The first-order valence-corrected chi connectivity index (χ1v) is 4.70. The van der Waals surface area contributed by atoms with Gasteiger partial charge in [-0.3, -0.25) is 0 Å². The summed E-state index contributed by atoms with van der Waals surface area (Å²) >= 11 is 0. The Kier molecular flexibility index (Phi) is 3.50. The van der Waals surface area contributed by atoms with Gasteiger partial charge in [-0.15, -0.1) is 0 Å². The van der Waals surface area contributed by atoms with E-state index in [1.165, 1.54) is 6.07 Å². The van der Waals surface area contributed by atoms with Gasteiger partial charge in [0.25, 0.3) is 0 Å². The fourth-order valence-electron chi connectivity index (χ4n) is 1.24. The molecule has 1 rings (SSSR count). The highest BCUT2D eigenvalue weighted by Gasteiger charge is 2.11. The molecule has 0 radical (unpaired) electrons. The quantitative estimate of drug-likeness (QED) is 0.747. The van der Waals surface area contributed by atoms with E-state index in [0.29, 0.717) is 12.0 Å². The minimum absolute atomic E-state index is 0.0466. The number of hydrogen-bond donors (Lipinski definition) is 2. The van der Waals surface area contributed by atoms with Gasteiger partial charge in [0.1, 0.15) is 11.3 Å². The van der Waals surface area contributed by atoms with Crippen LogP contribution in [0.25, 0.3) is 0 Å². The molecule has 0 saturated carbocycles. The maximum atomic E-state index is 10.7. The van der Waals surface area contributed by atoms with Gasteiger partial charge in [-0.1, -0.05) is 23.8 Å². The highest BCUT2D eigenvalue weighted by atomic mass is 16.4. The molecule has 0 fully saturated rings. The summed E-state index contributed by atoms with van der Waals surface area (Å²) in [6, 6.07) is 4.75. The fraction of sp³-hybridized carbons (Fsp3) is 0.250. The molecule has 2 N–H and O–H groups in total. The number of hydrogen-bond acceptors (Lipinski definition) is 2. The SMILES string of the molecule is CC(C)=CCc1cccc(C(=O)O)c1O. The standard InChI is InChI=1S/C12H14O3/c1-8(2)6-7-9-4-3-5-10(11(9)13)12(14)15/h3-6,13H,7H2,1-2H3,(H,14,15). The number of benzene rings is 1. The van der Waals surface area contributed by atoms with E-state index in [0.717, 1.165) is 5.57 Å². The molecule has 0 unspecified atom stereocenters. The predicted octanol–water partition coefficient (Wildman–Crippen LogP) is 2.60. The largest absolute Gasteiger partial charge is 0.507 e. The molecule has 15 heavy (non-hydrogen) atoms. The van der Waals surface area contributed by atoms with Crippen LogP contribution in [0, 0.1) is 0 Å². The third-order valence-corrected chi connectivity index (χ3v) is 2.08. The Morgan fingerprint density at radius 1 is 1.40 bits per heavy atom. The van der Waals surface area contributed by atoms with Crippen LogP contribution in [-0.2, 0) is 6.42 Å². The molecule has 3 heteroatoms. The topological polar surface area (TPSA) is 57.5 Å². The van der Waals surface area contributed by atoms with Crippen molar-refractivity contribution in [1.82, 2.24) is 0 Å². The van der Waals surface area contributed by atoms with Crippen molar-refractivity contribution in [3.63, 3.8) is 0 Å². The van der Waals surface area contributed by atoms with Crippen molar-refractivity contribution in [3.05, 3.63) is 41.0 Å². The smallest absolute Gasteiger partial charge is 0.339 e. The number of carbonyl (C=O) groups is 1. The van der Waals surface area contributed by atoms with Gasteiger partial charge in [0, 0.05) is 0 Å². The van der Waals surface area contributed by atoms with Crippen LogP contribution in [0.5, 0.6) is 5.75 Å². The second-order valence-electron chi connectivity index (χ2n) is 3.60. The number of aromatic carboxylic acids is 1. The first-order valence-electron chi connectivity index (χ1n) is 4.70. The summed E-state index contributed by atoms with van der Waals surface area (Å²) in [6.45, 7) is 3.91. The average molecular weight is 206 g/mol. The predicted molar refractivity (Wildman–Crippen MR) is 58.2 cm³/mol. The number of phenols is 1. The highest BCUT2D eigenvalue weighted by Crippen LogP contribution is 2.23. The van der Waals surface area contributed by atoms with Gasteiger partial charge in [-0.05, 0) is 31.9 Å². The summed E-state index contributed by atoms with van der Waals surface area (Å²) in [7, 11) is 0. The first-order chi connectivity index (χ1) is 7.02. The molecule has 0 heterocycles. The maximum absolute atomic E-state index is 10.7. The normalized spacial score (nSPS) is 9.73. The number of allylic oxidation sites excluding steroid dienone is 2. The van der Waals surface area contributed by atoms with Gasteiger partial charge in [0.15, 0.2) is 0 Å². The lowest BCUT2D eigenvalue weighted by molar-refractivity contribution is 0.0693. The van der Waals surface area contributed by atoms with Crippen LogP contribution in [-0.4, -0.2) is 16.2 Å². The van der Waals surface area contributed by atoms with Gasteiger partial charge < -0.3 is 10.2 Å². The lowest BCUT2D eigenvalue weighted by Gasteiger charge is -2.04. The van der Waals surface area contributed by atoms with Crippen molar-refractivity contribution in [3.8, 4) is 5.75 Å². The van der Waals surface area contributed by atoms with Crippen LogP contribution in [0.15, 0.2) is 29.8 Å². The molecule has 0 aliphatic rings. The van der Waals surface area contributed by atoms with Crippen molar-refractivity contribution in [2.75, 3.05) is 0 Å².